The second-order valence-corrected chi connectivity index (χ2v) is 9.11. The van der Waals surface area contributed by atoms with Gasteiger partial charge in [-0.15, -0.1) is 0 Å². The molecule has 0 saturated heterocycles. The minimum atomic E-state index is -1.87. The number of carbonyl (C=O) groups is 1. The van der Waals surface area contributed by atoms with Gasteiger partial charge in [-0.1, -0.05) is 76.2 Å². The second kappa shape index (κ2) is 9.50. The summed E-state index contributed by atoms with van der Waals surface area (Å²) >= 11 is 35.2. The molecule has 0 saturated carbocycles. The molecule has 2 aromatic rings. The van der Waals surface area contributed by atoms with Gasteiger partial charge in [0, 0.05) is 10.6 Å². The van der Waals surface area contributed by atoms with Crippen molar-refractivity contribution in [2.45, 2.75) is 16.9 Å². The summed E-state index contributed by atoms with van der Waals surface area (Å²) in [4.78, 5) is 12.5. The Morgan fingerprint density at radius 2 is 1.74 bits per heavy atom. The van der Waals surface area contributed by atoms with Crippen molar-refractivity contribution in [3.63, 3.8) is 0 Å². The molecule has 0 spiro atoms. The van der Waals surface area contributed by atoms with E-state index in [1.165, 1.54) is 0 Å². The molecular weight excluding hydrogens is 472 g/mol. The van der Waals surface area contributed by atoms with E-state index in [9.17, 15) is 4.79 Å². The van der Waals surface area contributed by atoms with Crippen LogP contribution in [0.2, 0.25) is 10.0 Å². The normalized spacial score (nSPS) is 12.2. The maximum absolute atomic E-state index is 12.5. The van der Waals surface area contributed by atoms with Gasteiger partial charge >= 0.3 is 0 Å². The summed E-state index contributed by atoms with van der Waals surface area (Å²) in [5, 5.41) is 9.20. The third-order valence-electron chi connectivity index (χ3n) is 3.45. The highest BCUT2D eigenvalue weighted by Gasteiger charge is 2.35. The first-order valence-corrected chi connectivity index (χ1v) is 9.83. The largest absolute Gasteiger partial charge is 0.339 e. The number of carbonyl (C=O) groups excluding carboxylic acids is 1. The van der Waals surface area contributed by atoms with E-state index < -0.39 is 15.9 Å². The fourth-order valence-electron chi connectivity index (χ4n) is 2.12. The van der Waals surface area contributed by atoms with E-state index in [2.05, 4.69) is 16.0 Å². The molecule has 27 heavy (non-hydrogen) atoms. The van der Waals surface area contributed by atoms with Crippen molar-refractivity contribution >= 4 is 86.9 Å². The van der Waals surface area contributed by atoms with E-state index in [-0.39, 0.29) is 5.11 Å². The van der Waals surface area contributed by atoms with E-state index in [4.69, 9.17) is 70.2 Å². The molecule has 3 N–H and O–H groups in total. The van der Waals surface area contributed by atoms with Crippen LogP contribution in [0, 0.1) is 6.92 Å². The number of thiocarbonyl (C=S) groups is 1. The molecule has 0 aromatic heterocycles. The zero-order valence-corrected chi connectivity index (χ0v) is 18.4. The predicted octanol–water partition coefficient (Wildman–Crippen LogP) is 5.71. The first-order valence-electron chi connectivity index (χ1n) is 7.53. The van der Waals surface area contributed by atoms with E-state index in [1.807, 2.05) is 6.07 Å². The molecule has 0 bridgehead atoms. The molecule has 0 aliphatic heterocycles. The van der Waals surface area contributed by atoms with Crippen molar-refractivity contribution in [2.75, 3.05) is 5.32 Å². The van der Waals surface area contributed by atoms with Crippen LogP contribution < -0.4 is 16.0 Å². The van der Waals surface area contributed by atoms with Gasteiger partial charge in [0.1, 0.15) is 6.17 Å². The fourth-order valence-corrected chi connectivity index (χ4v) is 3.13. The van der Waals surface area contributed by atoms with E-state index in [0.29, 0.717) is 21.3 Å². The van der Waals surface area contributed by atoms with Crippen molar-refractivity contribution in [3.05, 3.63) is 63.6 Å². The molecule has 0 unspecified atom stereocenters. The highest BCUT2D eigenvalue weighted by atomic mass is 35.6. The molecular formula is C17H14Cl5N3OS. The van der Waals surface area contributed by atoms with Crippen molar-refractivity contribution in [3.8, 4) is 0 Å². The number of anilines is 1. The number of rotatable bonds is 4. The van der Waals surface area contributed by atoms with Crippen LogP contribution in [0.25, 0.3) is 0 Å². The van der Waals surface area contributed by atoms with Gasteiger partial charge < -0.3 is 16.0 Å². The smallest absolute Gasteiger partial charge is 0.253 e. The molecule has 1 atom stereocenters. The highest BCUT2D eigenvalue weighted by molar-refractivity contribution is 7.80. The van der Waals surface area contributed by atoms with Crippen LogP contribution in [0.5, 0.6) is 0 Å². The first-order chi connectivity index (χ1) is 12.6. The van der Waals surface area contributed by atoms with Crippen molar-refractivity contribution in [1.29, 1.82) is 0 Å². The van der Waals surface area contributed by atoms with Crippen LogP contribution in [0.15, 0.2) is 42.5 Å². The molecule has 2 rings (SSSR count). The monoisotopic (exact) mass is 483 g/mol. The van der Waals surface area contributed by atoms with Crippen LogP contribution >= 0.6 is 70.2 Å². The zero-order chi connectivity index (χ0) is 20.2. The van der Waals surface area contributed by atoms with Gasteiger partial charge in [-0.05, 0) is 49.0 Å². The molecule has 2 aromatic carbocycles. The maximum atomic E-state index is 12.5. The van der Waals surface area contributed by atoms with Gasteiger partial charge in [0.25, 0.3) is 5.91 Å². The highest BCUT2D eigenvalue weighted by Crippen LogP contribution is 2.30. The van der Waals surface area contributed by atoms with Crippen LogP contribution in [-0.4, -0.2) is 21.0 Å². The molecule has 10 heteroatoms. The van der Waals surface area contributed by atoms with Crippen LogP contribution in [0.4, 0.5) is 5.69 Å². The van der Waals surface area contributed by atoms with Gasteiger partial charge in [-0.2, -0.15) is 0 Å². The summed E-state index contributed by atoms with van der Waals surface area (Å²) in [7, 11) is 0. The standard InChI is InChI=1S/C17H14Cl5N3OS/c1-9-4-2-3-5-11(9)14(26)24-15(17(20,21)22)25-16(27)23-13-7-6-10(18)8-12(13)19/h2-8,15H,1H3,(H,24,26)(H2,23,25,27)/t15-/m1/s1. The van der Waals surface area contributed by atoms with E-state index in [1.54, 1.807) is 43.3 Å². The predicted molar refractivity (Wildman–Crippen MR) is 119 cm³/mol. The van der Waals surface area contributed by atoms with Gasteiger partial charge in [-0.3, -0.25) is 4.79 Å². The number of benzene rings is 2. The van der Waals surface area contributed by atoms with E-state index >= 15 is 0 Å². The van der Waals surface area contributed by atoms with Crippen molar-refractivity contribution < 1.29 is 4.79 Å². The average Bonchev–Trinajstić information content (AvgIpc) is 2.56. The van der Waals surface area contributed by atoms with Crippen molar-refractivity contribution in [2.24, 2.45) is 0 Å². The average molecular weight is 486 g/mol. The Labute approximate surface area is 187 Å². The Morgan fingerprint density at radius 1 is 1.07 bits per heavy atom. The quantitative estimate of drug-likeness (QED) is 0.295. The second-order valence-electron chi connectivity index (χ2n) is 5.49. The number of nitrogens with one attached hydrogen (secondary N) is 3. The fraction of sp³-hybridized carbons (Fsp3) is 0.176. The first kappa shape index (κ1) is 22.3. The number of halogens is 5. The number of alkyl halides is 3. The number of hydrogen-bond acceptors (Lipinski definition) is 2. The third-order valence-corrected chi connectivity index (χ3v) is 4.87. The topological polar surface area (TPSA) is 53.2 Å². The Kier molecular flexibility index (Phi) is 7.86. The lowest BCUT2D eigenvalue weighted by molar-refractivity contribution is 0.0934. The van der Waals surface area contributed by atoms with Crippen molar-refractivity contribution in [1.82, 2.24) is 10.6 Å². The van der Waals surface area contributed by atoms with Crippen LogP contribution in [0.1, 0.15) is 15.9 Å². The molecule has 4 nitrogen and oxygen atoms in total. The Balaban J connectivity index is 2.11. The number of aryl methyl sites for hydroxylation is 1. The molecule has 0 aliphatic rings. The summed E-state index contributed by atoms with van der Waals surface area (Å²) < 4.78 is -1.87. The number of hydrogen-bond donors (Lipinski definition) is 3. The lowest BCUT2D eigenvalue weighted by Gasteiger charge is -2.28. The lowest BCUT2D eigenvalue weighted by Crippen LogP contribution is -2.56. The third kappa shape index (κ3) is 6.56. The van der Waals surface area contributed by atoms with Gasteiger partial charge in [0.15, 0.2) is 5.11 Å². The zero-order valence-electron chi connectivity index (χ0n) is 13.8. The Bertz CT molecular complexity index is 857. The van der Waals surface area contributed by atoms with E-state index in [0.717, 1.165) is 5.56 Å². The molecule has 0 radical (unpaired) electrons. The number of amides is 1. The minimum Gasteiger partial charge on any atom is -0.339 e. The molecule has 0 fully saturated rings. The summed E-state index contributed by atoms with van der Waals surface area (Å²) in [6.45, 7) is 1.81. The van der Waals surface area contributed by atoms with Gasteiger partial charge in [0.2, 0.25) is 3.79 Å². The Hall–Kier alpha value is -0.950. The summed E-state index contributed by atoms with van der Waals surface area (Å²) in [6.07, 6.45) is -1.10. The summed E-state index contributed by atoms with van der Waals surface area (Å²) in [5.74, 6) is -0.413. The molecule has 0 aliphatic carbocycles. The van der Waals surface area contributed by atoms with Gasteiger partial charge in [-0.25, -0.2) is 0 Å². The molecule has 144 valence electrons. The molecule has 0 heterocycles. The Morgan fingerprint density at radius 3 is 2.33 bits per heavy atom. The van der Waals surface area contributed by atoms with Crippen LogP contribution in [-0.2, 0) is 0 Å². The summed E-state index contributed by atoms with van der Waals surface area (Å²) in [5.41, 5.74) is 1.75. The summed E-state index contributed by atoms with van der Waals surface area (Å²) in [6, 6.07) is 11.9. The van der Waals surface area contributed by atoms with Gasteiger partial charge in [0.05, 0.1) is 10.7 Å². The lowest BCUT2D eigenvalue weighted by atomic mass is 10.1. The molecule has 1 amide bonds. The SMILES string of the molecule is Cc1ccccc1C(=O)N[C@H](NC(=S)Nc1ccc(Cl)cc1Cl)C(Cl)(Cl)Cl. The van der Waals surface area contributed by atoms with Crippen LogP contribution in [0.3, 0.4) is 0 Å². The maximum Gasteiger partial charge on any atom is 0.253 e. The minimum absolute atomic E-state index is 0.0978.